The van der Waals surface area contributed by atoms with Gasteiger partial charge < -0.3 is 16.8 Å². The number of benzene rings is 1. The van der Waals surface area contributed by atoms with Crippen molar-refractivity contribution >= 4 is 29.0 Å². The fraction of sp³-hybridized carbons (Fsp3) is 0.227. The number of nitrogens with zero attached hydrogens (tertiary/aromatic N) is 2. The summed E-state index contributed by atoms with van der Waals surface area (Å²) in [6.07, 6.45) is 7.59. The highest BCUT2D eigenvalue weighted by atomic mass is 35.5. The molecule has 1 aromatic carbocycles. The van der Waals surface area contributed by atoms with Crippen LogP contribution >= 0.6 is 11.6 Å². The molecule has 8 heteroatoms. The molecule has 0 bridgehead atoms. The van der Waals surface area contributed by atoms with E-state index in [1.807, 2.05) is 6.07 Å². The number of hydrogen-bond acceptors (Lipinski definition) is 3. The summed E-state index contributed by atoms with van der Waals surface area (Å²) in [5.41, 5.74) is 12.7. The van der Waals surface area contributed by atoms with Gasteiger partial charge in [0.15, 0.2) is 5.96 Å². The number of halogens is 2. The smallest absolute Gasteiger partial charge is 0.248 e. The van der Waals surface area contributed by atoms with E-state index in [9.17, 15) is 9.18 Å². The summed E-state index contributed by atoms with van der Waals surface area (Å²) < 4.78 is 14.2. The van der Waals surface area contributed by atoms with Crippen molar-refractivity contribution in [2.45, 2.75) is 24.7 Å². The quantitative estimate of drug-likeness (QED) is 0.357. The Balaban J connectivity index is 1.77. The second-order valence-corrected chi connectivity index (χ2v) is 7.58. The van der Waals surface area contributed by atoms with Crippen LogP contribution in [0.15, 0.2) is 60.4 Å². The number of guanidine groups is 1. The topological polar surface area (TPSA) is 106 Å². The Hall–Kier alpha value is -3.19. The number of nitrogens with one attached hydrogen (secondary N) is 1. The number of amides is 1. The van der Waals surface area contributed by atoms with Crippen molar-refractivity contribution in [3.05, 3.63) is 83.0 Å². The molecule has 30 heavy (non-hydrogen) atoms. The van der Waals surface area contributed by atoms with Crippen LogP contribution in [0.5, 0.6) is 0 Å². The minimum atomic E-state index is -0.646. The van der Waals surface area contributed by atoms with Gasteiger partial charge in [-0.2, -0.15) is 0 Å². The Morgan fingerprint density at radius 3 is 2.73 bits per heavy atom. The first kappa shape index (κ1) is 21.5. The molecule has 3 rings (SSSR count). The highest BCUT2D eigenvalue weighted by Crippen LogP contribution is 2.45. The average Bonchev–Trinajstić information content (AvgIpc) is 2.69. The number of nitrogens with two attached hydrogens (primary N) is 2. The molecule has 0 radical (unpaired) electrons. The molecule has 1 amide bonds. The van der Waals surface area contributed by atoms with Gasteiger partial charge in [-0.1, -0.05) is 30.7 Å². The Morgan fingerprint density at radius 2 is 2.13 bits per heavy atom. The van der Waals surface area contributed by atoms with Crippen LogP contribution in [-0.4, -0.2) is 23.4 Å². The number of rotatable bonds is 7. The fourth-order valence-corrected chi connectivity index (χ4v) is 3.75. The molecule has 1 aliphatic carbocycles. The van der Waals surface area contributed by atoms with Gasteiger partial charge in [-0.05, 0) is 43.2 Å². The van der Waals surface area contributed by atoms with E-state index < -0.39 is 11.7 Å². The molecular formula is C22H23ClFN5O. The molecule has 5 N–H and O–H groups in total. The van der Waals surface area contributed by atoms with Crippen LogP contribution in [0.3, 0.4) is 0 Å². The van der Waals surface area contributed by atoms with Crippen LogP contribution in [0.1, 0.15) is 40.9 Å². The Bertz CT molecular complexity index is 1030. The molecule has 1 fully saturated rings. The normalized spacial score (nSPS) is 15.9. The minimum Gasteiger partial charge on any atom is -0.370 e. The summed E-state index contributed by atoms with van der Waals surface area (Å²) in [5, 5.41) is 3.48. The fourth-order valence-electron chi connectivity index (χ4n) is 3.43. The summed E-state index contributed by atoms with van der Waals surface area (Å²) in [4.78, 5) is 20.3. The molecule has 2 aromatic rings. The SMILES string of the molecule is C=C/C(=C\NC(N)=NCC1(c2ncccc2Cl)CCC1)c1cc(C(N)=O)ccc1F. The lowest BCUT2D eigenvalue weighted by atomic mass is 9.66. The number of pyridine rings is 1. The van der Waals surface area contributed by atoms with Gasteiger partial charge in [-0.15, -0.1) is 0 Å². The number of carbonyl (C=O) groups excluding carboxylic acids is 1. The standard InChI is InChI=1S/C22H23ClFN5O/c1-2-14(16-11-15(20(25)30)6-7-18(16)24)12-28-21(26)29-13-22(8-4-9-22)19-17(23)5-3-10-27-19/h2-3,5-7,10-12H,1,4,8-9,13H2,(H2,25,30)(H3,26,28,29)/b14-12+. The van der Waals surface area contributed by atoms with Crippen molar-refractivity contribution in [2.75, 3.05) is 6.54 Å². The van der Waals surface area contributed by atoms with Crippen LogP contribution < -0.4 is 16.8 Å². The monoisotopic (exact) mass is 427 g/mol. The largest absolute Gasteiger partial charge is 0.370 e. The van der Waals surface area contributed by atoms with Gasteiger partial charge in [-0.3, -0.25) is 14.8 Å². The van der Waals surface area contributed by atoms with Crippen molar-refractivity contribution < 1.29 is 9.18 Å². The molecule has 1 aromatic heterocycles. The lowest BCUT2D eigenvalue weighted by Gasteiger charge is -2.40. The highest BCUT2D eigenvalue weighted by Gasteiger charge is 2.41. The van der Waals surface area contributed by atoms with E-state index in [4.69, 9.17) is 23.1 Å². The predicted octanol–water partition coefficient (Wildman–Crippen LogP) is 3.53. The third kappa shape index (κ3) is 4.52. The van der Waals surface area contributed by atoms with Gasteiger partial charge in [0, 0.05) is 34.5 Å². The summed E-state index contributed by atoms with van der Waals surface area (Å²) in [6.45, 7) is 4.13. The second kappa shape index (κ2) is 9.09. The van der Waals surface area contributed by atoms with E-state index in [2.05, 4.69) is 21.9 Å². The average molecular weight is 428 g/mol. The maximum Gasteiger partial charge on any atom is 0.248 e. The van der Waals surface area contributed by atoms with E-state index >= 15 is 0 Å². The van der Waals surface area contributed by atoms with Gasteiger partial charge in [0.05, 0.1) is 17.3 Å². The van der Waals surface area contributed by atoms with Gasteiger partial charge in [0.1, 0.15) is 5.82 Å². The number of primary amides is 1. The minimum absolute atomic E-state index is 0.166. The van der Waals surface area contributed by atoms with E-state index in [0.717, 1.165) is 25.0 Å². The maximum absolute atomic E-state index is 14.2. The number of hydrogen-bond donors (Lipinski definition) is 3. The number of carbonyl (C=O) groups is 1. The number of allylic oxidation sites excluding steroid dienone is 2. The van der Waals surface area contributed by atoms with E-state index in [1.165, 1.54) is 30.5 Å². The van der Waals surface area contributed by atoms with E-state index in [1.54, 1.807) is 12.3 Å². The Kier molecular flexibility index (Phi) is 6.52. The molecular weight excluding hydrogens is 405 g/mol. The van der Waals surface area contributed by atoms with Gasteiger partial charge in [-0.25, -0.2) is 4.39 Å². The third-order valence-electron chi connectivity index (χ3n) is 5.28. The summed E-state index contributed by atoms with van der Waals surface area (Å²) >= 11 is 6.33. The summed E-state index contributed by atoms with van der Waals surface area (Å²) in [6, 6.07) is 7.49. The molecule has 0 atom stereocenters. The van der Waals surface area contributed by atoms with Crippen molar-refractivity contribution in [2.24, 2.45) is 16.5 Å². The molecule has 0 unspecified atom stereocenters. The molecule has 1 aliphatic rings. The van der Waals surface area contributed by atoms with Crippen LogP contribution in [-0.2, 0) is 5.41 Å². The van der Waals surface area contributed by atoms with Gasteiger partial charge in [0.25, 0.3) is 0 Å². The van der Waals surface area contributed by atoms with Crippen LogP contribution in [0, 0.1) is 5.82 Å². The molecule has 0 saturated heterocycles. The molecule has 6 nitrogen and oxygen atoms in total. The summed E-state index contributed by atoms with van der Waals surface area (Å²) in [7, 11) is 0. The van der Waals surface area contributed by atoms with Crippen LogP contribution in [0.4, 0.5) is 4.39 Å². The van der Waals surface area contributed by atoms with Crippen LogP contribution in [0.2, 0.25) is 5.02 Å². The second-order valence-electron chi connectivity index (χ2n) is 7.18. The first-order valence-electron chi connectivity index (χ1n) is 9.46. The Morgan fingerprint density at radius 1 is 1.37 bits per heavy atom. The first-order valence-corrected chi connectivity index (χ1v) is 9.84. The van der Waals surface area contributed by atoms with Gasteiger partial charge >= 0.3 is 0 Å². The number of aromatic nitrogens is 1. The van der Waals surface area contributed by atoms with Crippen molar-refractivity contribution in [3.8, 4) is 0 Å². The molecule has 156 valence electrons. The van der Waals surface area contributed by atoms with Gasteiger partial charge in [0.2, 0.25) is 5.91 Å². The number of aliphatic imine (C=N–C) groups is 1. The molecule has 1 saturated carbocycles. The molecule has 0 aliphatic heterocycles. The van der Waals surface area contributed by atoms with Crippen molar-refractivity contribution in [1.29, 1.82) is 0 Å². The van der Waals surface area contributed by atoms with E-state index in [0.29, 0.717) is 17.1 Å². The third-order valence-corrected chi connectivity index (χ3v) is 5.59. The lowest BCUT2D eigenvalue weighted by molar-refractivity contribution is 0.1000. The van der Waals surface area contributed by atoms with Crippen LogP contribution in [0.25, 0.3) is 5.57 Å². The van der Waals surface area contributed by atoms with E-state index in [-0.39, 0.29) is 22.5 Å². The summed E-state index contributed by atoms with van der Waals surface area (Å²) in [5.74, 6) is -0.992. The molecule has 0 spiro atoms. The zero-order valence-electron chi connectivity index (χ0n) is 16.4. The van der Waals surface area contributed by atoms with Crippen molar-refractivity contribution in [1.82, 2.24) is 10.3 Å². The first-order chi connectivity index (χ1) is 14.4. The predicted molar refractivity (Wildman–Crippen MR) is 117 cm³/mol. The Labute approximate surface area is 179 Å². The zero-order valence-corrected chi connectivity index (χ0v) is 17.1. The highest BCUT2D eigenvalue weighted by molar-refractivity contribution is 6.31. The zero-order chi connectivity index (χ0) is 21.7. The lowest BCUT2D eigenvalue weighted by Crippen LogP contribution is -2.40. The maximum atomic E-state index is 14.2. The van der Waals surface area contributed by atoms with Crippen molar-refractivity contribution in [3.63, 3.8) is 0 Å². The molecule has 1 heterocycles.